The number of nitrogens with one attached hydrogen (secondary N) is 1. The van der Waals surface area contributed by atoms with Crippen molar-refractivity contribution in [2.45, 2.75) is 12.5 Å². The van der Waals surface area contributed by atoms with Gasteiger partial charge in [0.25, 0.3) is 0 Å². The molecule has 1 aliphatic heterocycles. The third-order valence-corrected chi connectivity index (χ3v) is 2.41. The fourth-order valence-electron chi connectivity index (χ4n) is 1.74. The Labute approximate surface area is 92.7 Å². The van der Waals surface area contributed by atoms with Crippen LogP contribution in [0.25, 0.3) is 0 Å². The summed E-state index contributed by atoms with van der Waals surface area (Å²) in [6.07, 6.45) is 0.749. The van der Waals surface area contributed by atoms with Gasteiger partial charge in [-0.1, -0.05) is 6.07 Å². The third kappa shape index (κ3) is 2.27. The predicted molar refractivity (Wildman–Crippen MR) is 55.7 cm³/mol. The van der Waals surface area contributed by atoms with Crippen LogP contribution in [0.4, 0.5) is 4.39 Å². The first-order valence-electron chi connectivity index (χ1n) is 4.43. The van der Waals surface area contributed by atoms with Crippen molar-refractivity contribution in [3.05, 3.63) is 35.1 Å². The second kappa shape index (κ2) is 4.59. The van der Waals surface area contributed by atoms with E-state index in [1.807, 2.05) is 0 Å². The monoisotopic (exact) mass is 231 g/mol. The lowest BCUT2D eigenvalue weighted by atomic mass is 9.94. The molecule has 5 heteroatoms. The molecule has 0 saturated carbocycles. The molecule has 0 aliphatic carbocycles. The van der Waals surface area contributed by atoms with E-state index in [2.05, 4.69) is 5.32 Å². The van der Waals surface area contributed by atoms with Gasteiger partial charge in [-0.25, -0.2) is 4.39 Å². The second-order valence-corrected chi connectivity index (χ2v) is 3.32. The highest BCUT2D eigenvalue weighted by atomic mass is 35.5. The summed E-state index contributed by atoms with van der Waals surface area (Å²) < 4.78 is 12.9. The summed E-state index contributed by atoms with van der Waals surface area (Å²) in [7, 11) is 0. The van der Waals surface area contributed by atoms with Crippen LogP contribution in [0.1, 0.15) is 17.2 Å². The highest BCUT2D eigenvalue weighted by molar-refractivity contribution is 5.85. The third-order valence-electron chi connectivity index (χ3n) is 2.41. The molecule has 0 amide bonds. The van der Waals surface area contributed by atoms with E-state index in [0.29, 0.717) is 12.1 Å². The molecule has 0 radical (unpaired) electrons. The Balaban J connectivity index is 0.00000112. The van der Waals surface area contributed by atoms with Crippen molar-refractivity contribution < 1.29 is 14.3 Å². The lowest BCUT2D eigenvalue weighted by Crippen LogP contribution is -2.35. The standard InChI is InChI=1S/C10H10FNO2.ClH/c11-7-2-1-6-3-4-12-9(10(13)14)8(6)5-7;/h1-2,5,9,12H,3-4H2,(H,13,14);1H. The number of hydrogen-bond donors (Lipinski definition) is 2. The lowest BCUT2D eigenvalue weighted by Gasteiger charge is -2.23. The maximum Gasteiger partial charge on any atom is 0.325 e. The SMILES string of the molecule is Cl.O=C(O)C1NCCc2ccc(F)cc21. The molecule has 1 atom stereocenters. The Bertz CT molecular complexity index is 384. The van der Waals surface area contributed by atoms with Gasteiger partial charge in [0.05, 0.1) is 0 Å². The van der Waals surface area contributed by atoms with Crippen molar-refractivity contribution in [1.82, 2.24) is 5.32 Å². The van der Waals surface area contributed by atoms with Gasteiger partial charge in [-0.3, -0.25) is 4.79 Å². The minimum absolute atomic E-state index is 0. The van der Waals surface area contributed by atoms with Gasteiger partial charge < -0.3 is 10.4 Å². The fourth-order valence-corrected chi connectivity index (χ4v) is 1.74. The van der Waals surface area contributed by atoms with E-state index in [9.17, 15) is 9.18 Å². The van der Waals surface area contributed by atoms with Crippen LogP contribution in [0, 0.1) is 5.82 Å². The molecule has 82 valence electrons. The highest BCUT2D eigenvalue weighted by Crippen LogP contribution is 2.23. The number of carboxylic acid groups (broad SMARTS) is 1. The second-order valence-electron chi connectivity index (χ2n) is 3.32. The number of carboxylic acids is 1. The average molecular weight is 232 g/mol. The zero-order valence-corrected chi connectivity index (χ0v) is 8.68. The molecular weight excluding hydrogens is 221 g/mol. The first-order chi connectivity index (χ1) is 6.68. The molecule has 0 saturated heterocycles. The summed E-state index contributed by atoms with van der Waals surface area (Å²) in [4.78, 5) is 10.8. The first-order valence-corrected chi connectivity index (χ1v) is 4.43. The molecule has 1 unspecified atom stereocenters. The number of aliphatic carboxylic acids is 1. The predicted octanol–water partition coefficient (Wildman–Crippen LogP) is 1.52. The van der Waals surface area contributed by atoms with Gasteiger partial charge in [-0.05, 0) is 29.7 Å². The summed E-state index contributed by atoms with van der Waals surface area (Å²) >= 11 is 0. The summed E-state index contributed by atoms with van der Waals surface area (Å²) in [5.74, 6) is -1.35. The van der Waals surface area contributed by atoms with E-state index in [1.165, 1.54) is 12.1 Å². The Hall–Kier alpha value is -1.13. The van der Waals surface area contributed by atoms with Gasteiger partial charge >= 0.3 is 5.97 Å². The van der Waals surface area contributed by atoms with Crippen LogP contribution < -0.4 is 5.32 Å². The molecule has 0 aromatic heterocycles. The lowest BCUT2D eigenvalue weighted by molar-refractivity contribution is -0.139. The van der Waals surface area contributed by atoms with E-state index >= 15 is 0 Å². The molecule has 15 heavy (non-hydrogen) atoms. The average Bonchev–Trinajstić information content (AvgIpc) is 2.16. The topological polar surface area (TPSA) is 49.3 Å². The van der Waals surface area contributed by atoms with E-state index in [4.69, 9.17) is 5.11 Å². The van der Waals surface area contributed by atoms with Gasteiger partial charge in [-0.2, -0.15) is 0 Å². The molecule has 3 nitrogen and oxygen atoms in total. The smallest absolute Gasteiger partial charge is 0.325 e. The molecule has 0 spiro atoms. The molecule has 1 aromatic carbocycles. The Morgan fingerprint density at radius 1 is 1.53 bits per heavy atom. The summed E-state index contributed by atoms with van der Waals surface area (Å²) in [5, 5.41) is 11.7. The number of rotatable bonds is 1. The maximum absolute atomic E-state index is 12.9. The largest absolute Gasteiger partial charge is 0.480 e. The minimum atomic E-state index is -0.962. The van der Waals surface area contributed by atoms with E-state index in [1.54, 1.807) is 6.07 Å². The Kier molecular flexibility index (Phi) is 3.66. The Morgan fingerprint density at radius 3 is 2.93 bits per heavy atom. The molecular formula is C10H11ClFNO2. The van der Waals surface area contributed by atoms with Crippen molar-refractivity contribution >= 4 is 18.4 Å². The van der Waals surface area contributed by atoms with Crippen molar-refractivity contribution in [1.29, 1.82) is 0 Å². The number of fused-ring (bicyclic) bond motifs is 1. The van der Waals surface area contributed by atoms with Crippen molar-refractivity contribution in [2.24, 2.45) is 0 Å². The molecule has 1 heterocycles. The molecule has 1 aromatic rings. The van der Waals surface area contributed by atoms with Crippen LogP contribution in [0.5, 0.6) is 0 Å². The molecule has 1 aliphatic rings. The Morgan fingerprint density at radius 2 is 2.27 bits per heavy atom. The number of halogens is 2. The van der Waals surface area contributed by atoms with E-state index < -0.39 is 17.8 Å². The zero-order valence-electron chi connectivity index (χ0n) is 7.87. The van der Waals surface area contributed by atoms with Crippen LogP contribution in [0.15, 0.2) is 18.2 Å². The maximum atomic E-state index is 12.9. The summed E-state index contributed by atoms with van der Waals surface area (Å²) in [6.45, 7) is 0.621. The first kappa shape index (κ1) is 11.9. The quantitative estimate of drug-likeness (QED) is 0.771. The van der Waals surface area contributed by atoms with Gasteiger partial charge in [0.2, 0.25) is 0 Å². The molecule has 0 fully saturated rings. The van der Waals surface area contributed by atoms with Crippen molar-refractivity contribution in [2.75, 3.05) is 6.54 Å². The molecule has 2 rings (SSSR count). The zero-order chi connectivity index (χ0) is 10.1. The number of carbonyl (C=O) groups is 1. The van der Waals surface area contributed by atoms with Crippen molar-refractivity contribution in [3.63, 3.8) is 0 Å². The van der Waals surface area contributed by atoms with Gasteiger partial charge in [0.1, 0.15) is 11.9 Å². The summed E-state index contributed by atoms with van der Waals surface area (Å²) in [6, 6.07) is 3.54. The van der Waals surface area contributed by atoms with Crippen LogP contribution in [0.2, 0.25) is 0 Å². The van der Waals surface area contributed by atoms with Crippen LogP contribution in [-0.2, 0) is 11.2 Å². The van der Waals surface area contributed by atoms with E-state index in [-0.39, 0.29) is 12.4 Å². The minimum Gasteiger partial charge on any atom is -0.480 e. The van der Waals surface area contributed by atoms with Crippen LogP contribution >= 0.6 is 12.4 Å². The summed E-state index contributed by atoms with van der Waals surface area (Å²) in [5.41, 5.74) is 1.46. The van der Waals surface area contributed by atoms with Gasteiger partial charge in [-0.15, -0.1) is 12.4 Å². The van der Waals surface area contributed by atoms with E-state index in [0.717, 1.165) is 12.0 Å². The number of benzene rings is 1. The van der Waals surface area contributed by atoms with Gasteiger partial charge in [0.15, 0.2) is 0 Å². The van der Waals surface area contributed by atoms with Gasteiger partial charge in [0, 0.05) is 6.54 Å². The normalized spacial score (nSPS) is 18.9. The van der Waals surface area contributed by atoms with Crippen LogP contribution in [-0.4, -0.2) is 17.6 Å². The molecule has 0 bridgehead atoms. The van der Waals surface area contributed by atoms with Crippen molar-refractivity contribution in [3.8, 4) is 0 Å². The number of hydrogen-bond acceptors (Lipinski definition) is 2. The van der Waals surface area contributed by atoms with Crippen LogP contribution in [0.3, 0.4) is 0 Å². The fraction of sp³-hybridized carbons (Fsp3) is 0.300. The molecule has 2 N–H and O–H groups in total. The highest BCUT2D eigenvalue weighted by Gasteiger charge is 2.25.